The maximum absolute atomic E-state index is 10.5. The molecule has 1 unspecified atom stereocenters. The molecule has 8 heteroatoms. The van der Waals surface area contributed by atoms with Gasteiger partial charge in [0.05, 0.1) is 16.0 Å². The number of halogens is 1. The monoisotopic (exact) mass is 260 g/mol. The van der Waals surface area contributed by atoms with Gasteiger partial charge in [-0.05, 0) is 6.07 Å². The number of rotatable bonds is 5. The molecule has 1 rings (SSSR count). The molecular weight excluding hydrogens is 252 g/mol. The number of aliphatic carboxylic acids is 1. The minimum Gasteiger partial charge on any atom is -0.490 e. The Labute approximate surface area is 101 Å². The molecule has 1 atom stereocenters. The smallest absolute Gasteiger partial charge is 0.324 e. The van der Waals surface area contributed by atoms with Crippen molar-refractivity contribution in [1.29, 1.82) is 0 Å². The number of nitrogens with two attached hydrogens (primary N) is 1. The Morgan fingerprint density at radius 3 is 2.82 bits per heavy atom. The fourth-order valence-electron chi connectivity index (χ4n) is 0.967. The van der Waals surface area contributed by atoms with Crippen LogP contribution in [0.5, 0.6) is 5.75 Å². The largest absolute Gasteiger partial charge is 0.490 e. The summed E-state index contributed by atoms with van der Waals surface area (Å²) in [5, 5.41) is 19.2. The van der Waals surface area contributed by atoms with Crippen molar-refractivity contribution in [3.8, 4) is 5.75 Å². The van der Waals surface area contributed by atoms with Crippen LogP contribution in [0.25, 0.3) is 0 Å². The Morgan fingerprint density at radius 2 is 2.29 bits per heavy atom. The zero-order valence-electron chi connectivity index (χ0n) is 8.50. The second-order valence-electron chi connectivity index (χ2n) is 3.13. The molecular formula is C9H9ClN2O5. The second kappa shape index (κ2) is 5.46. The molecule has 0 aromatic heterocycles. The first-order chi connectivity index (χ1) is 7.91. The standard InChI is InChI=1S/C9H9ClN2O5/c10-6-2-1-5(12(15)16)3-8(6)17-4-7(11)9(13)14/h1-3,7H,4,11H2,(H,13,14). The minimum atomic E-state index is -1.23. The first kappa shape index (κ1) is 13.2. The van der Waals surface area contributed by atoms with Gasteiger partial charge in [-0.1, -0.05) is 11.6 Å². The van der Waals surface area contributed by atoms with Crippen molar-refractivity contribution >= 4 is 23.3 Å². The molecule has 1 aromatic rings. The zero-order chi connectivity index (χ0) is 13.0. The van der Waals surface area contributed by atoms with Gasteiger partial charge in [0.25, 0.3) is 5.69 Å². The fraction of sp³-hybridized carbons (Fsp3) is 0.222. The highest BCUT2D eigenvalue weighted by atomic mass is 35.5. The van der Waals surface area contributed by atoms with Crippen molar-refractivity contribution in [2.75, 3.05) is 6.61 Å². The number of nitrogens with zero attached hydrogens (tertiary/aromatic N) is 1. The van der Waals surface area contributed by atoms with E-state index in [1.807, 2.05) is 0 Å². The van der Waals surface area contributed by atoms with E-state index < -0.39 is 16.9 Å². The van der Waals surface area contributed by atoms with Crippen molar-refractivity contribution in [2.45, 2.75) is 6.04 Å². The number of carboxylic acid groups (broad SMARTS) is 1. The molecule has 0 fully saturated rings. The van der Waals surface area contributed by atoms with E-state index in [1.165, 1.54) is 12.1 Å². The van der Waals surface area contributed by atoms with Gasteiger partial charge >= 0.3 is 5.97 Å². The first-order valence-corrected chi connectivity index (χ1v) is 4.84. The van der Waals surface area contributed by atoms with Crippen LogP contribution >= 0.6 is 11.6 Å². The Hall–Kier alpha value is -1.86. The summed E-state index contributed by atoms with van der Waals surface area (Å²) in [6, 6.07) is 2.40. The highest BCUT2D eigenvalue weighted by Crippen LogP contribution is 2.28. The number of nitro groups is 1. The van der Waals surface area contributed by atoms with Crippen LogP contribution in [0.15, 0.2) is 18.2 Å². The molecule has 0 aliphatic carbocycles. The number of benzene rings is 1. The van der Waals surface area contributed by atoms with Gasteiger partial charge < -0.3 is 15.6 Å². The van der Waals surface area contributed by atoms with Crippen LogP contribution in [0.1, 0.15) is 0 Å². The molecule has 0 amide bonds. The maximum atomic E-state index is 10.5. The van der Waals surface area contributed by atoms with Crippen LogP contribution in [-0.4, -0.2) is 28.6 Å². The number of ether oxygens (including phenoxy) is 1. The lowest BCUT2D eigenvalue weighted by Gasteiger charge is -2.10. The van der Waals surface area contributed by atoms with E-state index in [2.05, 4.69) is 0 Å². The summed E-state index contributed by atoms with van der Waals surface area (Å²) in [6.45, 7) is -0.323. The fourth-order valence-corrected chi connectivity index (χ4v) is 1.14. The molecule has 92 valence electrons. The summed E-state index contributed by atoms with van der Waals surface area (Å²) in [7, 11) is 0. The van der Waals surface area contributed by atoms with Gasteiger partial charge in [0, 0.05) is 6.07 Å². The molecule has 0 saturated heterocycles. The first-order valence-electron chi connectivity index (χ1n) is 4.47. The van der Waals surface area contributed by atoms with Gasteiger partial charge in [0.15, 0.2) is 0 Å². The van der Waals surface area contributed by atoms with Crippen molar-refractivity contribution < 1.29 is 19.6 Å². The Balaban J connectivity index is 2.79. The lowest BCUT2D eigenvalue weighted by molar-refractivity contribution is -0.384. The number of hydrogen-bond acceptors (Lipinski definition) is 5. The van der Waals surface area contributed by atoms with Gasteiger partial charge in [-0.25, -0.2) is 0 Å². The molecule has 0 radical (unpaired) electrons. The van der Waals surface area contributed by atoms with E-state index in [0.29, 0.717) is 0 Å². The van der Waals surface area contributed by atoms with E-state index in [0.717, 1.165) is 6.07 Å². The molecule has 0 aliphatic heterocycles. The summed E-state index contributed by atoms with van der Waals surface area (Å²) in [4.78, 5) is 20.3. The van der Waals surface area contributed by atoms with Gasteiger partial charge in [0.1, 0.15) is 18.4 Å². The topological polar surface area (TPSA) is 116 Å². The highest BCUT2D eigenvalue weighted by Gasteiger charge is 2.15. The molecule has 0 aliphatic rings. The summed E-state index contributed by atoms with van der Waals surface area (Å²) in [5.74, 6) is -1.20. The van der Waals surface area contributed by atoms with Gasteiger partial charge in [-0.3, -0.25) is 14.9 Å². The number of carboxylic acids is 1. The van der Waals surface area contributed by atoms with E-state index in [-0.39, 0.29) is 23.1 Å². The van der Waals surface area contributed by atoms with Crippen molar-refractivity contribution in [3.63, 3.8) is 0 Å². The second-order valence-corrected chi connectivity index (χ2v) is 3.53. The number of nitro benzene ring substituents is 1. The summed E-state index contributed by atoms with van der Waals surface area (Å²) in [6.07, 6.45) is 0. The van der Waals surface area contributed by atoms with E-state index in [1.54, 1.807) is 0 Å². The van der Waals surface area contributed by atoms with Gasteiger partial charge in [0.2, 0.25) is 0 Å². The lowest BCUT2D eigenvalue weighted by atomic mass is 10.3. The summed E-state index contributed by atoms with van der Waals surface area (Å²) < 4.78 is 5.01. The lowest BCUT2D eigenvalue weighted by Crippen LogP contribution is -2.36. The molecule has 3 N–H and O–H groups in total. The highest BCUT2D eigenvalue weighted by molar-refractivity contribution is 6.32. The van der Waals surface area contributed by atoms with E-state index in [9.17, 15) is 14.9 Å². The van der Waals surface area contributed by atoms with Crippen LogP contribution in [0.3, 0.4) is 0 Å². The Morgan fingerprint density at radius 1 is 1.65 bits per heavy atom. The summed E-state index contributed by atoms with van der Waals surface area (Å²) in [5.41, 5.74) is 5.01. The van der Waals surface area contributed by atoms with Gasteiger partial charge in [-0.15, -0.1) is 0 Å². The minimum absolute atomic E-state index is 0.0255. The van der Waals surface area contributed by atoms with Crippen LogP contribution in [0.2, 0.25) is 5.02 Å². The summed E-state index contributed by atoms with van der Waals surface area (Å²) >= 11 is 5.73. The van der Waals surface area contributed by atoms with Crippen LogP contribution < -0.4 is 10.5 Å². The van der Waals surface area contributed by atoms with Gasteiger partial charge in [-0.2, -0.15) is 0 Å². The molecule has 0 saturated carbocycles. The molecule has 0 spiro atoms. The van der Waals surface area contributed by atoms with Crippen molar-refractivity contribution in [1.82, 2.24) is 0 Å². The normalized spacial score (nSPS) is 11.9. The third kappa shape index (κ3) is 3.58. The van der Waals surface area contributed by atoms with E-state index in [4.69, 9.17) is 27.2 Å². The predicted molar refractivity (Wildman–Crippen MR) is 59.2 cm³/mol. The SMILES string of the molecule is NC(COc1cc([N+](=O)[O-])ccc1Cl)C(=O)O. The molecule has 0 bridgehead atoms. The van der Waals surface area contributed by atoms with Crippen LogP contribution in [0.4, 0.5) is 5.69 Å². The average Bonchev–Trinajstić information content (AvgIpc) is 2.26. The number of non-ortho nitro benzene ring substituents is 1. The number of hydrogen-bond donors (Lipinski definition) is 2. The third-order valence-corrected chi connectivity index (χ3v) is 2.17. The quantitative estimate of drug-likeness (QED) is 0.603. The maximum Gasteiger partial charge on any atom is 0.324 e. The Kier molecular flexibility index (Phi) is 4.24. The van der Waals surface area contributed by atoms with E-state index >= 15 is 0 Å². The molecule has 17 heavy (non-hydrogen) atoms. The molecule has 7 nitrogen and oxygen atoms in total. The Bertz CT molecular complexity index is 451. The van der Waals surface area contributed by atoms with Crippen LogP contribution in [-0.2, 0) is 4.79 Å². The zero-order valence-corrected chi connectivity index (χ0v) is 9.26. The van der Waals surface area contributed by atoms with Crippen LogP contribution in [0, 0.1) is 10.1 Å². The van der Waals surface area contributed by atoms with Crippen molar-refractivity contribution in [3.05, 3.63) is 33.3 Å². The molecule has 0 heterocycles. The number of carbonyl (C=O) groups is 1. The van der Waals surface area contributed by atoms with Crippen molar-refractivity contribution in [2.24, 2.45) is 5.73 Å². The average molecular weight is 261 g/mol. The third-order valence-electron chi connectivity index (χ3n) is 1.86. The molecule has 1 aromatic carbocycles. The predicted octanol–water partition coefficient (Wildman–Crippen LogP) is 1.04.